The summed E-state index contributed by atoms with van der Waals surface area (Å²) in [5, 5.41) is 10.7. The topological polar surface area (TPSA) is 111 Å². The molecule has 1 saturated heterocycles. The quantitative estimate of drug-likeness (QED) is 0.277. The third-order valence-corrected chi connectivity index (χ3v) is 9.77. The second-order valence-corrected chi connectivity index (χ2v) is 12.4. The molecule has 2 bridgehead atoms. The zero-order chi connectivity index (χ0) is 30.4. The SMILES string of the molecule is COc1cc(C(=O)N2CC3CCC2C3N)cc2nc(-c3cc4ccc(-c5ccc(F)c(O)c5F)nc4n3CC3CC3)n(C)c12. The van der Waals surface area contributed by atoms with Crippen molar-refractivity contribution in [2.45, 2.75) is 44.3 Å². The van der Waals surface area contributed by atoms with Crippen molar-refractivity contribution in [3.63, 3.8) is 0 Å². The third-order valence-electron chi connectivity index (χ3n) is 9.77. The number of hydrogen-bond acceptors (Lipinski definition) is 6. The fourth-order valence-corrected chi connectivity index (χ4v) is 7.21. The number of phenols is 1. The highest BCUT2D eigenvalue weighted by Gasteiger charge is 2.47. The zero-order valence-corrected chi connectivity index (χ0v) is 24.4. The maximum absolute atomic E-state index is 14.8. The van der Waals surface area contributed by atoms with Gasteiger partial charge in [-0.05, 0) is 80.0 Å². The number of likely N-dealkylation sites (tertiary alicyclic amines) is 1. The lowest BCUT2D eigenvalue weighted by Crippen LogP contribution is -2.41. The van der Waals surface area contributed by atoms with Gasteiger partial charge in [-0.2, -0.15) is 0 Å². The monoisotopic (exact) mass is 598 g/mol. The molecule has 3 fully saturated rings. The molecule has 0 spiro atoms. The number of piperidine rings is 1. The van der Waals surface area contributed by atoms with Crippen LogP contribution >= 0.6 is 0 Å². The third kappa shape index (κ3) is 4.02. The van der Waals surface area contributed by atoms with Gasteiger partial charge in [-0.15, -0.1) is 0 Å². The molecule has 2 aliphatic carbocycles. The molecule has 44 heavy (non-hydrogen) atoms. The number of hydrogen-bond donors (Lipinski definition) is 2. The summed E-state index contributed by atoms with van der Waals surface area (Å²) in [6.45, 7) is 1.38. The Kier molecular flexibility index (Phi) is 6.00. The van der Waals surface area contributed by atoms with E-state index in [1.807, 2.05) is 34.7 Å². The molecular weight excluding hydrogens is 566 g/mol. The number of nitrogens with zero attached hydrogens (tertiary/aromatic N) is 5. The number of aromatic hydroxyl groups is 1. The van der Waals surface area contributed by atoms with Crippen LogP contribution in [0, 0.1) is 23.5 Å². The highest BCUT2D eigenvalue weighted by molar-refractivity contribution is 6.00. The minimum Gasteiger partial charge on any atom is -0.503 e. The molecule has 2 saturated carbocycles. The van der Waals surface area contributed by atoms with Crippen LogP contribution in [-0.2, 0) is 13.6 Å². The number of carbonyl (C=O) groups is 1. The van der Waals surface area contributed by atoms with Crippen LogP contribution in [0.2, 0.25) is 0 Å². The summed E-state index contributed by atoms with van der Waals surface area (Å²) in [6, 6.07) is 11.5. The van der Waals surface area contributed by atoms with Crippen molar-refractivity contribution in [3.8, 4) is 34.3 Å². The van der Waals surface area contributed by atoms with Gasteiger partial charge in [0.1, 0.15) is 16.9 Å². The van der Waals surface area contributed by atoms with E-state index in [2.05, 4.69) is 4.57 Å². The Morgan fingerprint density at radius 1 is 1.09 bits per heavy atom. The molecule has 3 N–H and O–H groups in total. The summed E-state index contributed by atoms with van der Waals surface area (Å²) >= 11 is 0. The smallest absolute Gasteiger partial charge is 0.254 e. The predicted molar refractivity (Wildman–Crippen MR) is 161 cm³/mol. The summed E-state index contributed by atoms with van der Waals surface area (Å²) in [7, 11) is 3.51. The molecule has 3 aromatic heterocycles. The van der Waals surface area contributed by atoms with Gasteiger partial charge in [-0.1, -0.05) is 0 Å². The van der Waals surface area contributed by atoms with E-state index in [0.29, 0.717) is 53.2 Å². The van der Waals surface area contributed by atoms with Gasteiger partial charge < -0.3 is 29.6 Å². The Morgan fingerprint density at radius 2 is 1.91 bits per heavy atom. The minimum atomic E-state index is -1.05. The molecule has 0 radical (unpaired) electrons. The second kappa shape index (κ2) is 9.75. The van der Waals surface area contributed by atoms with Gasteiger partial charge in [-0.25, -0.2) is 18.7 Å². The molecule has 3 aliphatic rings. The lowest BCUT2D eigenvalue weighted by Gasteiger charge is -2.27. The normalized spacial score (nSPS) is 21.2. The summed E-state index contributed by atoms with van der Waals surface area (Å²) in [5.41, 5.74) is 10.1. The minimum absolute atomic E-state index is 0.0170. The number of ether oxygens (including phenoxy) is 1. The van der Waals surface area contributed by atoms with E-state index in [1.54, 1.807) is 19.2 Å². The molecule has 8 rings (SSSR count). The second-order valence-electron chi connectivity index (χ2n) is 12.4. The highest BCUT2D eigenvalue weighted by atomic mass is 19.1. The molecule has 1 amide bonds. The largest absolute Gasteiger partial charge is 0.503 e. The fraction of sp³-hybridized carbons (Fsp3) is 0.364. The van der Waals surface area contributed by atoms with Crippen molar-refractivity contribution in [2.75, 3.05) is 13.7 Å². The standard InChI is InChI=1S/C33H32F2N6O3/c1-39-29-23(11-19(13-26(29)44-2)33(43)41-15-18-6-10-24(41)28(18)36)38-32(39)25-12-17-5-9-22(20-7-8-21(34)30(42)27(20)35)37-31(17)40(25)14-16-3-4-16/h5,7-9,11-13,16,18,24,28,42H,3-4,6,10,14-15,36H2,1-2H3. The predicted octanol–water partition coefficient (Wildman–Crippen LogP) is 5.22. The number of nitrogens with two attached hydrogens (primary N) is 1. The highest BCUT2D eigenvalue weighted by Crippen LogP contribution is 2.40. The average Bonchev–Trinajstić information content (AvgIpc) is 3.43. The first-order chi connectivity index (χ1) is 21.2. The summed E-state index contributed by atoms with van der Waals surface area (Å²) in [6.07, 6.45) is 4.20. The van der Waals surface area contributed by atoms with Crippen LogP contribution in [0.3, 0.4) is 0 Å². The molecule has 3 unspecified atom stereocenters. The van der Waals surface area contributed by atoms with Crippen molar-refractivity contribution in [2.24, 2.45) is 24.6 Å². The van der Waals surface area contributed by atoms with Crippen molar-refractivity contribution in [3.05, 3.63) is 59.7 Å². The van der Waals surface area contributed by atoms with Gasteiger partial charge in [0.05, 0.1) is 24.0 Å². The Balaban J connectivity index is 1.25. The fourth-order valence-electron chi connectivity index (χ4n) is 7.21. The van der Waals surface area contributed by atoms with E-state index in [0.717, 1.165) is 48.3 Å². The van der Waals surface area contributed by atoms with Crippen LogP contribution in [-0.4, -0.2) is 60.8 Å². The summed E-state index contributed by atoms with van der Waals surface area (Å²) < 4.78 is 38.4. The van der Waals surface area contributed by atoms with E-state index >= 15 is 0 Å². The number of imidazole rings is 1. The van der Waals surface area contributed by atoms with Crippen LogP contribution in [0.15, 0.2) is 42.5 Å². The van der Waals surface area contributed by atoms with Gasteiger partial charge >= 0.3 is 0 Å². The van der Waals surface area contributed by atoms with Crippen molar-refractivity contribution in [1.29, 1.82) is 0 Å². The molecule has 5 aromatic rings. The first kappa shape index (κ1) is 27.1. The van der Waals surface area contributed by atoms with Crippen LogP contribution in [0.5, 0.6) is 11.5 Å². The number of carbonyl (C=O) groups excluding carboxylic acids is 1. The van der Waals surface area contributed by atoms with E-state index in [-0.39, 0.29) is 29.2 Å². The number of fused-ring (bicyclic) bond motifs is 4. The molecule has 11 heteroatoms. The van der Waals surface area contributed by atoms with E-state index in [4.69, 9.17) is 20.4 Å². The van der Waals surface area contributed by atoms with Gasteiger partial charge in [0, 0.05) is 48.7 Å². The molecule has 1 aliphatic heterocycles. The van der Waals surface area contributed by atoms with Crippen LogP contribution < -0.4 is 10.5 Å². The Labute approximate surface area is 251 Å². The number of rotatable bonds is 6. The Hall–Kier alpha value is -4.51. The van der Waals surface area contributed by atoms with Gasteiger partial charge in [0.15, 0.2) is 23.2 Å². The number of aryl methyl sites for hydroxylation is 1. The zero-order valence-electron chi connectivity index (χ0n) is 24.4. The van der Waals surface area contributed by atoms with Crippen LogP contribution in [0.1, 0.15) is 36.0 Å². The van der Waals surface area contributed by atoms with Crippen molar-refractivity contribution in [1.82, 2.24) is 24.0 Å². The summed E-state index contributed by atoms with van der Waals surface area (Å²) in [5.74, 6) is -1.09. The average molecular weight is 599 g/mol. The molecule has 4 heterocycles. The molecular formula is C33H32F2N6O3. The van der Waals surface area contributed by atoms with Crippen LogP contribution in [0.4, 0.5) is 8.78 Å². The van der Waals surface area contributed by atoms with Crippen LogP contribution in [0.25, 0.3) is 44.8 Å². The first-order valence-electron chi connectivity index (χ1n) is 15.0. The summed E-state index contributed by atoms with van der Waals surface area (Å²) in [4.78, 5) is 25.4. The van der Waals surface area contributed by atoms with Gasteiger partial charge in [-0.3, -0.25) is 4.79 Å². The number of amides is 1. The van der Waals surface area contributed by atoms with Gasteiger partial charge in [0.2, 0.25) is 0 Å². The lowest BCUT2D eigenvalue weighted by molar-refractivity contribution is 0.0700. The number of methoxy groups -OCH3 is 1. The van der Waals surface area contributed by atoms with E-state index < -0.39 is 17.4 Å². The van der Waals surface area contributed by atoms with Crippen molar-refractivity contribution >= 4 is 28.0 Å². The Morgan fingerprint density at radius 3 is 2.61 bits per heavy atom. The lowest BCUT2D eigenvalue weighted by atomic mass is 10.1. The number of halogens is 2. The number of phenolic OH excluding ortho intramolecular Hbond substituents is 1. The maximum atomic E-state index is 14.8. The van der Waals surface area contributed by atoms with Gasteiger partial charge in [0.25, 0.3) is 5.91 Å². The molecule has 3 atom stereocenters. The Bertz CT molecular complexity index is 2000. The maximum Gasteiger partial charge on any atom is 0.254 e. The molecule has 2 aromatic carbocycles. The van der Waals surface area contributed by atoms with Crippen molar-refractivity contribution < 1.29 is 23.4 Å². The number of pyridine rings is 1. The number of aromatic nitrogens is 4. The first-order valence-corrected chi connectivity index (χ1v) is 15.0. The molecule has 226 valence electrons. The number of benzene rings is 2. The van der Waals surface area contributed by atoms with E-state index in [9.17, 15) is 18.7 Å². The molecule has 9 nitrogen and oxygen atoms in total. The van der Waals surface area contributed by atoms with E-state index in [1.165, 1.54) is 6.07 Å².